The molecule has 1 aromatic carbocycles. The van der Waals surface area contributed by atoms with Crippen LogP contribution in [-0.2, 0) is 0 Å². The number of nitrogens with zero attached hydrogens (tertiary/aromatic N) is 2. The zero-order chi connectivity index (χ0) is 14.1. The summed E-state index contributed by atoms with van der Waals surface area (Å²) in [6.45, 7) is 9.52. The third-order valence-electron chi connectivity index (χ3n) is 4.82. The van der Waals surface area contributed by atoms with Crippen LogP contribution < -0.4 is 0 Å². The van der Waals surface area contributed by atoms with Crippen LogP contribution in [0.1, 0.15) is 35.6 Å². The first-order valence-corrected chi connectivity index (χ1v) is 7.85. The van der Waals surface area contributed by atoms with Gasteiger partial charge in [-0.15, -0.1) is 0 Å². The van der Waals surface area contributed by atoms with Crippen molar-refractivity contribution in [3.8, 4) is 0 Å². The molecule has 1 atom stereocenters. The third kappa shape index (κ3) is 3.22. The van der Waals surface area contributed by atoms with Gasteiger partial charge < -0.3 is 5.11 Å². The molecule has 0 radical (unpaired) electrons. The van der Waals surface area contributed by atoms with Crippen molar-refractivity contribution in [3.63, 3.8) is 0 Å². The molecule has 2 aliphatic rings. The quantitative estimate of drug-likeness (QED) is 0.911. The first-order valence-electron chi connectivity index (χ1n) is 7.85. The van der Waals surface area contributed by atoms with Gasteiger partial charge in [0.15, 0.2) is 0 Å². The minimum absolute atomic E-state index is 0.359. The lowest BCUT2D eigenvalue weighted by Crippen LogP contribution is -2.48. The molecule has 0 amide bonds. The van der Waals surface area contributed by atoms with E-state index >= 15 is 0 Å². The van der Waals surface area contributed by atoms with Crippen molar-refractivity contribution in [1.82, 2.24) is 9.80 Å². The van der Waals surface area contributed by atoms with E-state index < -0.39 is 0 Å². The predicted octanol–water partition coefficient (Wildman–Crippen LogP) is 2.12. The highest BCUT2D eigenvalue weighted by Crippen LogP contribution is 2.27. The summed E-state index contributed by atoms with van der Waals surface area (Å²) in [7, 11) is 0. The first-order chi connectivity index (χ1) is 9.63. The maximum Gasteiger partial charge on any atom is 0.0917 e. The van der Waals surface area contributed by atoms with Crippen molar-refractivity contribution in [3.05, 3.63) is 34.9 Å². The van der Waals surface area contributed by atoms with Crippen LogP contribution in [0.25, 0.3) is 0 Å². The molecule has 110 valence electrons. The Hall–Kier alpha value is -0.900. The summed E-state index contributed by atoms with van der Waals surface area (Å²) in [5, 5.41) is 10.4. The highest BCUT2D eigenvalue weighted by atomic mass is 16.3. The van der Waals surface area contributed by atoms with Crippen molar-refractivity contribution in [1.29, 1.82) is 0 Å². The van der Waals surface area contributed by atoms with Crippen LogP contribution in [0, 0.1) is 13.8 Å². The minimum Gasteiger partial charge on any atom is -0.387 e. The van der Waals surface area contributed by atoms with Crippen LogP contribution in [0.5, 0.6) is 0 Å². The number of aryl methyl sites for hydroxylation is 2. The Labute approximate surface area is 122 Å². The molecule has 0 aromatic heterocycles. The number of aliphatic hydroxyl groups is 1. The summed E-state index contributed by atoms with van der Waals surface area (Å²) >= 11 is 0. The monoisotopic (exact) mass is 274 g/mol. The van der Waals surface area contributed by atoms with Gasteiger partial charge in [0.05, 0.1) is 6.10 Å². The van der Waals surface area contributed by atoms with Crippen LogP contribution in [0.3, 0.4) is 0 Å². The molecule has 3 rings (SSSR count). The molecular formula is C17H26N2O. The SMILES string of the molecule is Cc1ccc(C(O)CN2CCN(C3CC3)CC2)cc1C. The maximum absolute atomic E-state index is 10.4. The van der Waals surface area contributed by atoms with Crippen LogP contribution >= 0.6 is 0 Å². The zero-order valence-electron chi connectivity index (χ0n) is 12.7. The van der Waals surface area contributed by atoms with Crippen LogP contribution in [0.15, 0.2) is 18.2 Å². The van der Waals surface area contributed by atoms with E-state index in [4.69, 9.17) is 0 Å². The molecule has 20 heavy (non-hydrogen) atoms. The largest absolute Gasteiger partial charge is 0.387 e. The van der Waals surface area contributed by atoms with Crippen LogP contribution in [0.2, 0.25) is 0 Å². The number of rotatable bonds is 4. The van der Waals surface area contributed by atoms with Gasteiger partial charge in [-0.1, -0.05) is 18.2 Å². The van der Waals surface area contributed by atoms with Gasteiger partial charge in [0.1, 0.15) is 0 Å². The highest BCUT2D eigenvalue weighted by Gasteiger charge is 2.31. The van der Waals surface area contributed by atoms with Crippen LogP contribution in [-0.4, -0.2) is 53.7 Å². The number of β-amino-alcohol motifs (C(OH)–C–C–N with tert-alkyl or cyclic N) is 1. The van der Waals surface area contributed by atoms with Gasteiger partial charge in [-0.25, -0.2) is 0 Å². The van der Waals surface area contributed by atoms with Gasteiger partial charge in [-0.05, 0) is 43.4 Å². The number of aliphatic hydroxyl groups excluding tert-OH is 1. The molecular weight excluding hydrogens is 248 g/mol. The lowest BCUT2D eigenvalue weighted by molar-refractivity contribution is 0.0699. The highest BCUT2D eigenvalue weighted by molar-refractivity contribution is 5.31. The second kappa shape index (κ2) is 5.84. The summed E-state index contributed by atoms with van der Waals surface area (Å²) in [6, 6.07) is 7.18. The first kappa shape index (κ1) is 14.1. The van der Waals surface area contributed by atoms with Gasteiger partial charge in [0.25, 0.3) is 0 Å². The van der Waals surface area contributed by atoms with E-state index in [1.54, 1.807) is 0 Å². The summed E-state index contributed by atoms with van der Waals surface area (Å²) in [5.74, 6) is 0. The fraction of sp³-hybridized carbons (Fsp3) is 0.647. The topological polar surface area (TPSA) is 26.7 Å². The molecule has 2 fully saturated rings. The van der Waals surface area contributed by atoms with E-state index in [1.807, 2.05) is 0 Å². The Morgan fingerprint density at radius 1 is 1.10 bits per heavy atom. The molecule has 1 heterocycles. The summed E-state index contributed by atoms with van der Waals surface area (Å²) < 4.78 is 0. The van der Waals surface area contributed by atoms with E-state index in [0.717, 1.165) is 31.2 Å². The number of hydrogen-bond acceptors (Lipinski definition) is 3. The normalized spacial score (nSPS) is 22.9. The second-order valence-corrected chi connectivity index (χ2v) is 6.43. The Bertz CT molecular complexity index is 462. The third-order valence-corrected chi connectivity index (χ3v) is 4.82. The number of piperazine rings is 1. The minimum atomic E-state index is -0.359. The molecule has 1 aliphatic heterocycles. The standard InChI is InChI=1S/C17H26N2O/c1-13-3-4-15(11-14(13)2)17(20)12-18-7-9-19(10-8-18)16-5-6-16/h3-4,11,16-17,20H,5-10,12H2,1-2H3. The predicted molar refractivity (Wildman–Crippen MR) is 81.9 cm³/mol. The molecule has 1 saturated carbocycles. The van der Waals surface area contributed by atoms with Gasteiger partial charge in [0.2, 0.25) is 0 Å². The molecule has 1 unspecified atom stereocenters. The zero-order valence-corrected chi connectivity index (χ0v) is 12.7. The van der Waals surface area contributed by atoms with Gasteiger partial charge in [-0.3, -0.25) is 9.80 Å². The lowest BCUT2D eigenvalue weighted by Gasteiger charge is -2.35. The second-order valence-electron chi connectivity index (χ2n) is 6.43. The van der Waals surface area contributed by atoms with E-state index in [2.05, 4.69) is 41.8 Å². The average Bonchev–Trinajstić information content (AvgIpc) is 3.27. The molecule has 0 spiro atoms. The summed E-state index contributed by atoms with van der Waals surface area (Å²) in [5.41, 5.74) is 3.61. The fourth-order valence-corrected chi connectivity index (χ4v) is 3.07. The van der Waals surface area contributed by atoms with E-state index in [0.29, 0.717) is 0 Å². The Kier molecular flexibility index (Phi) is 4.11. The molecule has 0 bridgehead atoms. The summed E-state index contributed by atoms with van der Waals surface area (Å²) in [4.78, 5) is 5.01. The van der Waals surface area contributed by atoms with Crippen molar-refractivity contribution in [2.24, 2.45) is 0 Å². The van der Waals surface area contributed by atoms with Gasteiger partial charge in [0, 0.05) is 38.8 Å². The Morgan fingerprint density at radius 3 is 2.40 bits per heavy atom. The van der Waals surface area contributed by atoms with Crippen molar-refractivity contribution < 1.29 is 5.11 Å². The lowest BCUT2D eigenvalue weighted by atomic mass is 10.0. The molecule has 3 heteroatoms. The van der Waals surface area contributed by atoms with Crippen molar-refractivity contribution in [2.45, 2.75) is 38.8 Å². The van der Waals surface area contributed by atoms with E-state index in [1.165, 1.54) is 37.1 Å². The summed E-state index contributed by atoms with van der Waals surface area (Å²) in [6.07, 6.45) is 2.43. The van der Waals surface area contributed by atoms with Gasteiger partial charge >= 0.3 is 0 Å². The van der Waals surface area contributed by atoms with Crippen molar-refractivity contribution >= 4 is 0 Å². The fourth-order valence-electron chi connectivity index (χ4n) is 3.07. The van der Waals surface area contributed by atoms with E-state index in [-0.39, 0.29) is 6.10 Å². The molecule has 1 saturated heterocycles. The maximum atomic E-state index is 10.4. The average molecular weight is 274 g/mol. The molecule has 1 N–H and O–H groups in total. The smallest absolute Gasteiger partial charge is 0.0917 e. The van der Waals surface area contributed by atoms with Crippen LogP contribution in [0.4, 0.5) is 0 Å². The molecule has 1 aromatic rings. The molecule has 3 nitrogen and oxygen atoms in total. The Morgan fingerprint density at radius 2 is 1.80 bits per heavy atom. The number of benzene rings is 1. The number of hydrogen-bond donors (Lipinski definition) is 1. The van der Waals surface area contributed by atoms with Gasteiger partial charge in [-0.2, -0.15) is 0 Å². The molecule has 1 aliphatic carbocycles. The Balaban J connectivity index is 1.53. The van der Waals surface area contributed by atoms with Crippen molar-refractivity contribution in [2.75, 3.05) is 32.7 Å². The van der Waals surface area contributed by atoms with E-state index in [9.17, 15) is 5.11 Å².